The van der Waals surface area contributed by atoms with Gasteiger partial charge in [0.15, 0.2) is 0 Å². The summed E-state index contributed by atoms with van der Waals surface area (Å²) in [6, 6.07) is 27.9. The minimum absolute atomic E-state index is 0.287. The lowest BCUT2D eigenvalue weighted by atomic mass is 10.1. The number of nitrogens with zero attached hydrogens (tertiary/aromatic N) is 3. The predicted molar refractivity (Wildman–Crippen MR) is 138 cm³/mol. The first-order valence-corrected chi connectivity index (χ1v) is 12.4. The summed E-state index contributed by atoms with van der Waals surface area (Å²) in [5.41, 5.74) is 3.91. The molecule has 4 aromatic rings. The summed E-state index contributed by atoms with van der Waals surface area (Å²) >= 11 is 0. The van der Waals surface area contributed by atoms with Gasteiger partial charge in [-0.2, -0.15) is 0 Å². The second-order valence-electron chi connectivity index (χ2n) is 9.38. The van der Waals surface area contributed by atoms with Gasteiger partial charge < -0.3 is 14.6 Å². The van der Waals surface area contributed by atoms with Crippen molar-refractivity contribution in [2.75, 3.05) is 39.3 Å². The van der Waals surface area contributed by atoms with Crippen LogP contribution < -0.4 is 0 Å². The molecule has 1 unspecified atom stereocenters. The van der Waals surface area contributed by atoms with Crippen LogP contribution in [0.25, 0.3) is 21.8 Å². The number of para-hydroxylation sites is 2. The zero-order valence-corrected chi connectivity index (χ0v) is 19.4. The summed E-state index contributed by atoms with van der Waals surface area (Å²) in [5, 5.41) is 13.2. The molecular weight excluding hydrogens is 406 g/mol. The number of aliphatic hydroxyl groups is 1. The van der Waals surface area contributed by atoms with E-state index in [1.807, 2.05) is 18.2 Å². The van der Waals surface area contributed by atoms with Gasteiger partial charge in [-0.15, -0.1) is 0 Å². The quantitative estimate of drug-likeness (QED) is 0.379. The van der Waals surface area contributed by atoms with Crippen LogP contribution in [0.3, 0.4) is 0 Å². The zero-order chi connectivity index (χ0) is 22.5. The van der Waals surface area contributed by atoms with Crippen molar-refractivity contribution >= 4 is 21.8 Å². The number of aryl methyl sites for hydroxylation is 1. The third kappa shape index (κ3) is 5.30. The van der Waals surface area contributed by atoms with E-state index in [4.69, 9.17) is 0 Å². The molecule has 1 saturated heterocycles. The van der Waals surface area contributed by atoms with Crippen LogP contribution in [-0.4, -0.2) is 64.8 Å². The lowest BCUT2D eigenvalue weighted by Crippen LogP contribution is -2.48. The van der Waals surface area contributed by atoms with Crippen molar-refractivity contribution < 1.29 is 5.11 Å². The van der Waals surface area contributed by atoms with E-state index in [9.17, 15) is 5.11 Å². The highest BCUT2D eigenvalue weighted by Gasteiger charge is 2.19. The van der Waals surface area contributed by atoms with Gasteiger partial charge in [0.1, 0.15) is 0 Å². The first kappa shape index (κ1) is 22.1. The molecule has 172 valence electrons. The topological polar surface area (TPSA) is 31.6 Å². The van der Waals surface area contributed by atoms with Gasteiger partial charge >= 0.3 is 0 Å². The van der Waals surface area contributed by atoms with Gasteiger partial charge in [0.25, 0.3) is 0 Å². The van der Waals surface area contributed by atoms with Crippen LogP contribution in [0.15, 0.2) is 78.9 Å². The largest absolute Gasteiger partial charge is 0.391 e. The van der Waals surface area contributed by atoms with Gasteiger partial charge in [0.05, 0.1) is 6.10 Å². The Morgan fingerprint density at radius 1 is 0.636 bits per heavy atom. The minimum Gasteiger partial charge on any atom is -0.391 e. The van der Waals surface area contributed by atoms with Crippen LogP contribution in [0, 0.1) is 0 Å². The maximum Gasteiger partial charge on any atom is 0.0707 e. The number of piperazine rings is 1. The third-order valence-corrected chi connectivity index (χ3v) is 7.03. The molecule has 0 saturated carbocycles. The molecule has 0 spiro atoms. The summed E-state index contributed by atoms with van der Waals surface area (Å²) < 4.78 is 2.50. The fraction of sp³-hybridized carbons (Fsp3) is 0.379. The number of aromatic nitrogens is 1. The van der Waals surface area contributed by atoms with Crippen molar-refractivity contribution in [1.82, 2.24) is 14.4 Å². The van der Waals surface area contributed by atoms with E-state index >= 15 is 0 Å². The first-order chi connectivity index (χ1) is 16.3. The van der Waals surface area contributed by atoms with E-state index in [0.717, 1.165) is 52.2 Å². The molecule has 1 aliphatic rings. The Hall–Kier alpha value is -2.66. The second kappa shape index (κ2) is 10.5. The van der Waals surface area contributed by atoms with Crippen LogP contribution in [-0.2, 0) is 13.0 Å². The van der Waals surface area contributed by atoms with Crippen LogP contribution in [0.5, 0.6) is 0 Å². The van der Waals surface area contributed by atoms with E-state index in [0.29, 0.717) is 0 Å². The van der Waals surface area contributed by atoms with Crippen molar-refractivity contribution in [2.45, 2.75) is 31.9 Å². The molecule has 2 heterocycles. The highest BCUT2D eigenvalue weighted by atomic mass is 16.3. The number of rotatable bonds is 9. The molecule has 1 fully saturated rings. The molecule has 1 atom stereocenters. The number of β-amino-alcohol motifs (C(OH)–C–C–N with tert-alkyl or cyclic N) is 1. The van der Waals surface area contributed by atoms with Crippen LogP contribution in [0.2, 0.25) is 0 Å². The van der Waals surface area contributed by atoms with E-state index in [2.05, 4.69) is 75.0 Å². The Labute approximate surface area is 197 Å². The van der Waals surface area contributed by atoms with Crippen molar-refractivity contribution in [3.8, 4) is 0 Å². The van der Waals surface area contributed by atoms with Gasteiger partial charge in [0.2, 0.25) is 0 Å². The van der Waals surface area contributed by atoms with Crippen LogP contribution >= 0.6 is 0 Å². The van der Waals surface area contributed by atoms with Gasteiger partial charge in [-0.25, -0.2) is 0 Å². The summed E-state index contributed by atoms with van der Waals surface area (Å²) in [6.45, 7) is 7.33. The number of unbranched alkanes of at least 4 members (excludes halogenated alkanes) is 1. The van der Waals surface area contributed by atoms with E-state index in [1.165, 1.54) is 40.2 Å². The van der Waals surface area contributed by atoms with Crippen molar-refractivity contribution in [1.29, 1.82) is 0 Å². The summed E-state index contributed by atoms with van der Waals surface area (Å²) in [6.07, 6.45) is 2.87. The maximum absolute atomic E-state index is 10.5. The molecule has 4 nitrogen and oxygen atoms in total. The summed E-state index contributed by atoms with van der Waals surface area (Å²) in [5.74, 6) is 0. The van der Waals surface area contributed by atoms with Crippen molar-refractivity contribution in [3.63, 3.8) is 0 Å². The maximum atomic E-state index is 10.5. The smallest absolute Gasteiger partial charge is 0.0707 e. The third-order valence-electron chi connectivity index (χ3n) is 7.03. The Morgan fingerprint density at radius 2 is 1.18 bits per heavy atom. The van der Waals surface area contributed by atoms with Crippen molar-refractivity contribution in [3.05, 3.63) is 84.4 Å². The molecule has 33 heavy (non-hydrogen) atoms. The molecule has 1 aromatic heterocycles. The SMILES string of the molecule is OC(Cc1ccccc1)CN1CCN(CCCCn2c3ccccc3c3ccccc32)CC1. The normalized spacial score (nSPS) is 16.5. The fourth-order valence-corrected chi connectivity index (χ4v) is 5.29. The second-order valence-corrected chi connectivity index (χ2v) is 9.38. The summed E-state index contributed by atoms with van der Waals surface area (Å²) in [7, 11) is 0. The highest BCUT2D eigenvalue weighted by molar-refractivity contribution is 6.07. The monoisotopic (exact) mass is 441 g/mol. The molecule has 0 amide bonds. The van der Waals surface area contributed by atoms with Gasteiger partial charge in [-0.3, -0.25) is 4.90 Å². The molecule has 5 rings (SSSR count). The lowest BCUT2D eigenvalue weighted by molar-refractivity contribution is 0.0723. The Morgan fingerprint density at radius 3 is 1.85 bits per heavy atom. The van der Waals surface area contributed by atoms with Crippen LogP contribution in [0.1, 0.15) is 18.4 Å². The molecule has 0 aliphatic carbocycles. The number of aliphatic hydroxyl groups excluding tert-OH is 1. The number of benzene rings is 3. The first-order valence-electron chi connectivity index (χ1n) is 12.4. The molecule has 1 N–H and O–H groups in total. The van der Waals surface area contributed by atoms with E-state index in [-0.39, 0.29) is 6.10 Å². The number of fused-ring (bicyclic) bond motifs is 3. The van der Waals surface area contributed by atoms with Crippen molar-refractivity contribution in [2.24, 2.45) is 0 Å². The molecule has 3 aromatic carbocycles. The minimum atomic E-state index is -0.287. The Balaban J connectivity index is 1.07. The average molecular weight is 442 g/mol. The standard InChI is InChI=1S/C29H35N3O/c33-25(22-24-10-2-1-3-11-24)23-31-20-18-30(19-21-31)16-8-9-17-32-28-14-6-4-12-26(28)27-13-5-7-15-29(27)32/h1-7,10-15,25,33H,8-9,16-23H2. The molecule has 0 radical (unpaired) electrons. The highest BCUT2D eigenvalue weighted by Crippen LogP contribution is 2.29. The number of hydrogen-bond acceptors (Lipinski definition) is 3. The van der Waals surface area contributed by atoms with Gasteiger partial charge in [0, 0.05) is 61.1 Å². The fourth-order valence-electron chi connectivity index (χ4n) is 5.29. The van der Waals surface area contributed by atoms with E-state index < -0.39 is 0 Å². The lowest BCUT2D eigenvalue weighted by Gasteiger charge is -2.35. The molecule has 1 aliphatic heterocycles. The average Bonchev–Trinajstić information content (AvgIpc) is 3.17. The zero-order valence-electron chi connectivity index (χ0n) is 19.4. The Kier molecular flexibility index (Phi) is 7.06. The summed E-state index contributed by atoms with van der Waals surface area (Å²) in [4.78, 5) is 5.01. The molecule has 4 heteroatoms. The van der Waals surface area contributed by atoms with Gasteiger partial charge in [-0.05, 0) is 43.5 Å². The van der Waals surface area contributed by atoms with Gasteiger partial charge in [-0.1, -0.05) is 66.7 Å². The Bertz CT molecular complexity index is 1110. The predicted octanol–water partition coefficient (Wildman–Crippen LogP) is 4.80. The molecular formula is C29H35N3O. The van der Waals surface area contributed by atoms with Crippen LogP contribution in [0.4, 0.5) is 0 Å². The number of hydrogen-bond donors (Lipinski definition) is 1. The molecule has 0 bridgehead atoms. The van der Waals surface area contributed by atoms with E-state index in [1.54, 1.807) is 0 Å².